The number of methoxy groups -OCH3 is 1. The lowest BCUT2D eigenvalue weighted by Gasteiger charge is -2.36. The summed E-state index contributed by atoms with van der Waals surface area (Å²) in [6.07, 6.45) is 0. The van der Waals surface area contributed by atoms with Gasteiger partial charge in [0.15, 0.2) is 0 Å². The van der Waals surface area contributed by atoms with Crippen LogP contribution < -0.4 is 9.64 Å². The number of carboxylic acid groups (broad SMARTS) is 4. The van der Waals surface area contributed by atoms with E-state index in [0.717, 1.165) is 43.5 Å². The van der Waals surface area contributed by atoms with E-state index >= 15 is 0 Å². The first-order valence-electron chi connectivity index (χ1n) is 9.81. The molecule has 1 aliphatic heterocycles. The maximum absolute atomic E-state index is 9.10. The Balaban J connectivity index is 0.000000401. The lowest BCUT2D eigenvalue weighted by Crippen LogP contribution is -2.45. The van der Waals surface area contributed by atoms with Gasteiger partial charge in [-0.1, -0.05) is 23.7 Å². The number of ether oxygens (including phenoxy) is 1. The highest BCUT2D eigenvalue weighted by Gasteiger charge is 2.17. The highest BCUT2D eigenvalue weighted by Crippen LogP contribution is 2.21. The van der Waals surface area contributed by atoms with E-state index in [4.69, 9.17) is 55.9 Å². The predicted octanol–water partition coefficient (Wildman–Crippen LogP) is 1.98. The highest BCUT2D eigenvalue weighted by atomic mass is 35.5. The number of carboxylic acids is 4. The van der Waals surface area contributed by atoms with Crippen LogP contribution in [0.25, 0.3) is 0 Å². The Morgan fingerprint density at radius 2 is 1.21 bits per heavy atom. The van der Waals surface area contributed by atoms with Gasteiger partial charge in [0, 0.05) is 43.4 Å². The third-order valence-corrected chi connectivity index (χ3v) is 4.75. The van der Waals surface area contributed by atoms with Crippen LogP contribution in [0.4, 0.5) is 5.69 Å². The molecule has 0 saturated carbocycles. The second-order valence-electron chi connectivity index (χ2n) is 6.81. The van der Waals surface area contributed by atoms with Crippen molar-refractivity contribution in [3.63, 3.8) is 0 Å². The summed E-state index contributed by atoms with van der Waals surface area (Å²) in [6.45, 7) is 5.26. The van der Waals surface area contributed by atoms with Crippen molar-refractivity contribution in [1.82, 2.24) is 4.90 Å². The number of hydrogen-bond acceptors (Lipinski definition) is 7. The molecule has 0 spiro atoms. The van der Waals surface area contributed by atoms with E-state index in [2.05, 4.69) is 34.1 Å². The van der Waals surface area contributed by atoms with Crippen LogP contribution in [0.15, 0.2) is 48.5 Å². The fraction of sp³-hybridized carbons (Fsp3) is 0.273. The van der Waals surface area contributed by atoms with Gasteiger partial charge in [-0.2, -0.15) is 0 Å². The summed E-state index contributed by atoms with van der Waals surface area (Å²) < 4.78 is 5.21. The molecule has 1 aliphatic rings. The zero-order valence-electron chi connectivity index (χ0n) is 18.3. The summed E-state index contributed by atoms with van der Waals surface area (Å²) in [5.74, 6) is -6.39. The molecular weight excluding hydrogens is 472 g/mol. The molecule has 1 saturated heterocycles. The normalized spacial score (nSPS) is 12.8. The third kappa shape index (κ3) is 10.7. The molecule has 0 aromatic heterocycles. The van der Waals surface area contributed by atoms with Crippen molar-refractivity contribution in [2.75, 3.05) is 38.2 Å². The zero-order valence-corrected chi connectivity index (χ0v) is 19.0. The van der Waals surface area contributed by atoms with Gasteiger partial charge in [0.05, 0.1) is 7.11 Å². The Labute approximate surface area is 200 Å². The van der Waals surface area contributed by atoms with Gasteiger partial charge in [-0.05, 0) is 42.0 Å². The van der Waals surface area contributed by atoms with Crippen LogP contribution in [0.3, 0.4) is 0 Å². The van der Waals surface area contributed by atoms with Crippen molar-refractivity contribution in [2.24, 2.45) is 0 Å². The maximum atomic E-state index is 9.10. The van der Waals surface area contributed by atoms with Crippen LogP contribution in [0.5, 0.6) is 5.75 Å². The SMILES string of the molecule is COc1ccc(N2CCN(Cc3ccc(Cl)cc3)CC2)cc1.O=C(O)C(=O)O.O=C(O)C(=O)O. The molecule has 11 nitrogen and oxygen atoms in total. The van der Waals surface area contributed by atoms with E-state index < -0.39 is 23.9 Å². The van der Waals surface area contributed by atoms with Gasteiger partial charge in [0.2, 0.25) is 0 Å². The molecule has 0 amide bonds. The van der Waals surface area contributed by atoms with Crippen molar-refractivity contribution < 1.29 is 44.3 Å². The molecule has 0 bridgehead atoms. The lowest BCUT2D eigenvalue weighted by molar-refractivity contribution is -0.159. The molecule has 0 unspecified atom stereocenters. The number of rotatable bonds is 4. The number of anilines is 1. The van der Waals surface area contributed by atoms with Crippen LogP contribution in [-0.4, -0.2) is 82.5 Å². The second-order valence-corrected chi connectivity index (χ2v) is 7.24. The van der Waals surface area contributed by atoms with Gasteiger partial charge >= 0.3 is 23.9 Å². The molecule has 184 valence electrons. The Morgan fingerprint density at radius 3 is 1.59 bits per heavy atom. The van der Waals surface area contributed by atoms with Crippen LogP contribution in [0, 0.1) is 0 Å². The average molecular weight is 497 g/mol. The number of hydrogen-bond donors (Lipinski definition) is 4. The molecule has 0 atom stereocenters. The maximum Gasteiger partial charge on any atom is 0.414 e. The predicted molar refractivity (Wildman–Crippen MR) is 122 cm³/mol. The molecule has 12 heteroatoms. The van der Waals surface area contributed by atoms with Crippen molar-refractivity contribution >= 4 is 41.2 Å². The standard InChI is InChI=1S/C18H21ClN2O.2C2H2O4/c1-22-18-8-6-17(7-9-18)21-12-10-20(11-13-21)14-15-2-4-16(19)5-3-15;2*3-1(4)2(5)6/h2-9H,10-14H2,1H3;2*(H,3,4)(H,5,6). The van der Waals surface area contributed by atoms with Gasteiger partial charge in [-0.3, -0.25) is 4.90 Å². The number of aliphatic carboxylic acids is 4. The molecule has 1 heterocycles. The molecule has 1 fully saturated rings. The van der Waals surface area contributed by atoms with Crippen LogP contribution in [-0.2, 0) is 25.7 Å². The molecule has 0 radical (unpaired) electrons. The average Bonchev–Trinajstić information content (AvgIpc) is 2.82. The summed E-state index contributed by atoms with van der Waals surface area (Å²) in [7, 11) is 1.70. The first-order chi connectivity index (χ1) is 16.0. The van der Waals surface area contributed by atoms with Crippen LogP contribution in [0.2, 0.25) is 5.02 Å². The quantitative estimate of drug-likeness (QED) is 0.457. The Bertz CT molecular complexity index is 909. The molecule has 4 N–H and O–H groups in total. The molecule has 2 aromatic rings. The first kappa shape index (κ1) is 28.2. The molecule has 3 rings (SSSR count). The highest BCUT2D eigenvalue weighted by molar-refractivity contribution is 6.30. The Hall–Kier alpha value is -3.83. The monoisotopic (exact) mass is 496 g/mol. The summed E-state index contributed by atoms with van der Waals surface area (Å²) in [6, 6.07) is 16.5. The van der Waals surface area contributed by atoms with Crippen LogP contribution >= 0.6 is 11.6 Å². The van der Waals surface area contributed by atoms with Crippen molar-refractivity contribution in [2.45, 2.75) is 6.54 Å². The number of carbonyl (C=O) groups is 4. The first-order valence-corrected chi connectivity index (χ1v) is 10.2. The van der Waals surface area contributed by atoms with E-state index in [9.17, 15) is 0 Å². The Morgan fingerprint density at radius 1 is 0.765 bits per heavy atom. The van der Waals surface area contributed by atoms with E-state index in [1.165, 1.54) is 11.3 Å². The largest absolute Gasteiger partial charge is 0.497 e. The number of halogens is 1. The molecule has 34 heavy (non-hydrogen) atoms. The number of nitrogens with zero attached hydrogens (tertiary/aromatic N) is 2. The molecule has 2 aromatic carbocycles. The van der Waals surface area contributed by atoms with E-state index in [-0.39, 0.29) is 0 Å². The lowest BCUT2D eigenvalue weighted by atomic mass is 10.2. The smallest absolute Gasteiger partial charge is 0.414 e. The van der Waals surface area contributed by atoms with Crippen molar-refractivity contribution in [3.05, 3.63) is 59.1 Å². The fourth-order valence-electron chi connectivity index (χ4n) is 2.81. The molecule has 0 aliphatic carbocycles. The van der Waals surface area contributed by atoms with Gasteiger partial charge in [-0.15, -0.1) is 0 Å². The summed E-state index contributed by atoms with van der Waals surface area (Å²) in [5, 5.41) is 30.4. The van der Waals surface area contributed by atoms with Gasteiger partial charge in [-0.25, -0.2) is 19.2 Å². The third-order valence-electron chi connectivity index (χ3n) is 4.50. The minimum atomic E-state index is -1.82. The second kappa shape index (κ2) is 14.3. The minimum absolute atomic E-state index is 0.799. The van der Waals surface area contributed by atoms with Gasteiger partial charge in [0.1, 0.15) is 5.75 Å². The van der Waals surface area contributed by atoms with Gasteiger partial charge in [0.25, 0.3) is 0 Å². The van der Waals surface area contributed by atoms with E-state index in [1.807, 2.05) is 24.3 Å². The number of piperazine rings is 1. The summed E-state index contributed by atoms with van der Waals surface area (Å²) in [5.41, 5.74) is 2.59. The van der Waals surface area contributed by atoms with Crippen LogP contribution in [0.1, 0.15) is 5.56 Å². The van der Waals surface area contributed by atoms with Crippen molar-refractivity contribution in [3.8, 4) is 5.75 Å². The summed E-state index contributed by atoms with van der Waals surface area (Å²) in [4.78, 5) is 41.3. The Kier molecular flexibility index (Phi) is 11.9. The zero-order chi connectivity index (χ0) is 25.7. The topological polar surface area (TPSA) is 165 Å². The number of benzene rings is 2. The van der Waals surface area contributed by atoms with E-state index in [0.29, 0.717) is 0 Å². The van der Waals surface area contributed by atoms with E-state index in [1.54, 1.807) is 7.11 Å². The fourth-order valence-corrected chi connectivity index (χ4v) is 2.93. The van der Waals surface area contributed by atoms with Crippen molar-refractivity contribution in [1.29, 1.82) is 0 Å². The van der Waals surface area contributed by atoms with Gasteiger partial charge < -0.3 is 30.1 Å². The summed E-state index contributed by atoms with van der Waals surface area (Å²) >= 11 is 5.93. The molecular formula is C22H25ClN2O9. The minimum Gasteiger partial charge on any atom is -0.497 e.